The maximum atomic E-state index is 13.7. The van der Waals surface area contributed by atoms with Crippen LogP contribution in [0.2, 0.25) is 0 Å². The number of anilines is 1. The number of halogens is 3. The summed E-state index contributed by atoms with van der Waals surface area (Å²) in [6.07, 6.45) is 1.42. The summed E-state index contributed by atoms with van der Waals surface area (Å²) >= 11 is 2.09. The van der Waals surface area contributed by atoms with E-state index in [4.69, 9.17) is 4.74 Å². The predicted molar refractivity (Wildman–Crippen MR) is 119 cm³/mol. The van der Waals surface area contributed by atoms with Crippen LogP contribution >= 0.6 is 22.6 Å². The molecule has 4 nitrogen and oxygen atoms in total. The molecule has 0 fully saturated rings. The van der Waals surface area contributed by atoms with E-state index in [2.05, 4.69) is 27.9 Å². The van der Waals surface area contributed by atoms with Gasteiger partial charge in [0.15, 0.2) is 0 Å². The van der Waals surface area contributed by atoms with Crippen LogP contribution in [0, 0.1) is 26.5 Å². The van der Waals surface area contributed by atoms with Crippen LogP contribution in [0.4, 0.5) is 14.5 Å². The van der Waals surface area contributed by atoms with Crippen molar-refractivity contribution in [1.29, 1.82) is 5.26 Å². The minimum atomic E-state index is -0.700. The fraction of sp³-hybridized carbons (Fsp3) is 0.0435. The fourth-order valence-corrected chi connectivity index (χ4v) is 3.23. The standard InChI is InChI=1S/C23H15F2IN2O2/c24-18-8-5-15(6-9-18)14-30-22-10-7-16(12-20(22)26)11-17(13-27)23(29)28-21-4-2-1-3-19(21)25/h1-12H,14H2,(H,28,29)/b17-11-. The molecule has 0 unspecified atom stereocenters. The summed E-state index contributed by atoms with van der Waals surface area (Å²) in [6.45, 7) is 0.278. The zero-order chi connectivity index (χ0) is 21.5. The largest absolute Gasteiger partial charge is 0.488 e. The number of rotatable bonds is 6. The van der Waals surface area contributed by atoms with E-state index in [-0.39, 0.29) is 23.7 Å². The first-order chi connectivity index (χ1) is 14.5. The average molecular weight is 516 g/mol. The van der Waals surface area contributed by atoms with Gasteiger partial charge in [-0.15, -0.1) is 0 Å². The molecule has 0 saturated heterocycles. The van der Waals surface area contributed by atoms with Crippen LogP contribution in [0.5, 0.6) is 5.75 Å². The molecule has 0 bridgehead atoms. The minimum Gasteiger partial charge on any atom is -0.488 e. The minimum absolute atomic E-state index is 0.00257. The Bertz CT molecular complexity index is 1140. The molecule has 3 rings (SSSR count). The van der Waals surface area contributed by atoms with Crippen molar-refractivity contribution in [2.75, 3.05) is 5.32 Å². The van der Waals surface area contributed by atoms with Crippen molar-refractivity contribution in [1.82, 2.24) is 0 Å². The number of ether oxygens (including phenoxy) is 1. The number of nitrogens with one attached hydrogen (secondary N) is 1. The van der Waals surface area contributed by atoms with Crippen LogP contribution in [-0.2, 0) is 11.4 Å². The smallest absolute Gasteiger partial charge is 0.266 e. The number of nitrogens with zero attached hydrogens (tertiary/aromatic N) is 1. The van der Waals surface area contributed by atoms with E-state index in [9.17, 15) is 18.8 Å². The molecule has 0 heterocycles. The molecule has 1 amide bonds. The monoisotopic (exact) mass is 516 g/mol. The Morgan fingerprint density at radius 3 is 2.50 bits per heavy atom. The van der Waals surface area contributed by atoms with Gasteiger partial charge in [-0.25, -0.2) is 8.78 Å². The summed E-state index contributed by atoms with van der Waals surface area (Å²) in [5.74, 6) is -0.974. The number of hydrogen-bond donors (Lipinski definition) is 1. The van der Waals surface area contributed by atoms with Crippen molar-refractivity contribution >= 4 is 40.3 Å². The van der Waals surface area contributed by atoms with E-state index in [0.717, 1.165) is 9.13 Å². The van der Waals surface area contributed by atoms with Crippen LogP contribution in [-0.4, -0.2) is 5.91 Å². The number of amides is 1. The molecule has 3 aromatic carbocycles. The van der Waals surface area contributed by atoms with E-state index < -0.39 is 11.7 Å². The molecule has 0 spiro atoms. The van der Waals surface area contributed by atoms with E-state index >= 15 is 0 Å². The Kier molecular flexibility index (Phi) is 7.14. The van der Waals surface area contributed by atoms with E-state index in [1.165, 1.54) is 36.4 Å². The molecule has 0 radical (unpaired) electrons. The van der Waals surface area contributed by atoms with Crippen molar-refractivity contribution in [3.63, 3.8) is 0 Å². The number of hydrogen-bond acceptors (Lipinski definition) is 3. The van der Waals surface area contributed by atoms with Gasteiger partial charge in [0, 0.05) is 0 Å². The number of nitriles is 1. The third kappa shape index (κ3) is 5.64. The lowest BCUT2D eigenvalue weighted by molar-refractivity contribution is -0.112. The molecular formula is C23H15F2IN2O2. The molecule has 1 N–H and O–H groups in total. The second-order valence-electron chi connectivity index (χ2n) is 6.21. The van der Waals surface area contributed by atoms with Gasteiger partial charge in [0.05, 0.1) is 9.26 Å². The molecule has 0 aliphatic heterocycles. The summed E-state index contributed by atoms with van der Waals surface area (Å²) in [7, 11) is 0. The average Bonchev–Trinajstić information content (AvgIpc) is 2.74. The third-order valence-electron chi connectivity index (χ3n) is 4.06. The Balaban J connectivity index is 1.71. The van der Waals surface area contributed by atoms with Crippen molar-refractivity contribution in [2.24, 2.45) is 0 Å². The quantitative estimate of drug-likeness (QED) is 0.260. The lowest BCUT2D eigenvalue weighted by Gasteiger charge is -2.09. The molecule has 7 heteroatoms. The summed E-state index contributed by atoms with van der Waals surface area (Å²) in [4.78, 5) is 12.3. The fourth-order valence-electron chi connectivity index (χ4n) is 2.53. The zero-order valence-corrected chi connectivity index (χ0v) is 17.7. The van der Waals surface area contributed by atoms with Gasteiger partial charge in [0.2, 0.25) is 0 Å². The highest BCUT2D eigenvalue weighted by Gasteiger charge is 2.12. The van der Waals surface area contributed by atoms with Gasteiger partial charge < -0.3 is 10.1 Å². The molecule has 0 aliphatic rings. The van der Waals surface area contributed by atoms with E-state index in [0.29, 0.717) is 11.3 Å². The van der Waals surface area contributed by atoms with Gasteiger partial charge >= 0.3 is 0 Å². The van der Waals surface area contributed by atoms with Crippen molar-refractivity contribution in [3.8, 4) is 11.8 Å². The van der Waals surface area contributed by atoms with Gasteiger partial charge in [-0.3, -0.25) is 4.79 Å². The van der Waals surface area contributed by atoms with Crippen LogP contribution < -0.4 is 10.1 Å². The van der Waals surface area contributed by atoms with Crippen LogP contribution in [0.3, 0.4) is 0 Å². The summed E-state index contributed by atoms with van der Waals surface area (Å²) in [5, 5.41) is 11.7. The number of para-hydroxylation sites is 1. The van der Waals surface area contributed by atoms with Gasteiger partial charge in [-0.05, 0) is 76.2 Å². The molecule has 0 atom stereocenters. The molecule has 3 aromatic rings. The molecule has 30 heavy (non-hydrogen) atoms. The molecule has 0 aromatic heterocycles. The molecular weight excluding hydrogens is 501 g/mol. The van der Waals surface area contributed by atoms with Gasteiger partial charge in [-0.2, -0.15) is 5.26 Å². The number of carbonyl (C=O) groups excluding carboxylic acids is 1. The first-order valence-corrected chi connectivity index (χ1v) is 9.88. The Hall–Kier alpha value is -3.25. The normalized spacial score (nSPS) is 10.9. The van der Waals surface area contributed by atoms with Crippen molar-refractivity contribution < 1.29 is 18.3 Å². The Labute approximate surface area is 185 Å². The summed E-state index contributed by atoms with van der Waals surface area (Å²) in [6, 6.07) is 18.8. The second kappa shape index (κ2) is 9.98. The Morgan fingerprint density at radius 2 is 1.83 bits per heavy atom. The summed E-state index contributed by atoms with van der Waals surface area (Å²) in [5.41, 5.74) is 1.29. The first-order valence-electron chi connectivity index (χ1n) is 8.81. The zero-order valence-electron chi connectivity index (χ0n) is 15.5. The lowest BCUT2D eigenvalue weighted by atomic mass is 10.1. The first kappa shape index (κ1) is 21.5. The molecule has 150 valence electrons. The van der Waals surface area contributed by atoms with Crippen molar-refractivity contribution in [3.05, 3.63) is 98.6 Å². The van der Waals surface area contributed by atoms with E-state index in [1.54, 1.807) is 36.4 Å². The predicted octanol–water partition coefficient (Wildman–Crippen LogP) is 5.69. The van der Waals surface area contributed by atoms with Crippen LogP contribution in [0.15, 0.2) is 72.3 Å². The maximum absolute atomic E-state index is 13.7. The SMILES string of the molecule is N#C/C(=C/c1ccc(OCc2ccc(F)cc2)c(I)c1)C(=O)Nc1ccccc1F. The highest BCUT2D eigenvalue weighted by molar-refractivity contribution is 14.1. The summed E-state index contributed by atoms with van der Waals surface area (Å²) < 4.78 is 33.2. The lowest BCUT2D eigenvalue weighted by Crippen LogP contribution is -2.14. The highest BCUT2D eigenvalue weighted by atomic mass is 127. The van der Waals surface area contributed by atoms with Crippen LogP contribution in [0.25, 0.3) is 6.08 Å². The Morgan fingerprint density at radius 1 is 1.10 bits per heavy atom. The van der Waals surface area contributed by atoms with Gasteiger partial charge in [-0.1, -0.05) is 30.3 Å². The number of carbonyl (C=O) groups is 1. The van der Waals surface area contributed by atoms with Crippen molar-refractivity contribution in [2.45, 2.75) is 6.61 Å². The maximum Gasteiger partial charge on any atom is 0.266 e. The van der Waals surface area contributed by atoms with Gasteiger partial charge in [0.25, 0.3) is 5.91 Å². The third-order valence-corrected chi connectivity index (χ3v) is 4.90. The molecule has 0 aliphatic carbocycles. The van der Waals surface area contributed by atoms with Gasteiger partial charge in [0.1, 0.15) is 35.6 Å². The van der Waals surface area contributed by atoms with Crippen LogP contribution in [0.1, 0.15) is 11.1 Å². The van der Waals surface area contributed by atoms with E-state index in [1.807, 2.05) is 6.07 Å². The highest BCUT2D eigenvalue weighted by Crippen LogP contribution is 2.24. The topological polar surface area (TPSA) is 62.1 Å². The second-order valence-corrected chi connectivity index (χ2v) is 7.37. The number of benzene rings is 3. The molecule has 0 saturated carbocycles.